The predicted octanol–water partition coefficient (Wildman–Crippen LogP) is 4.83. The summed E-state index contributed by atoms with van der Waals surface area (Å²) in [4.78, 5) is 0. The molecular weight excluding hydrogens is 330 g/mol. The molecule has 0 aliphatic heterocycles. The van der Waals surface area contributed by atoms with Crippen molar-refractivity contribution in [1.82, 2.24) is 0 Å². The number of halogens is 1. The quantitative estimate of drug-likeness (QED) is 0.840. The van der Waals surface area contributed by atoms with Gasteiger partial charge < -0.3 is 15.2 Å². The minimum atomic E-state index is -0.0215. The molecule has 0 fully saturated rings. The molecule has 0 saturated carbocycles. The first kappa shape index (κ1) is 15.9. The molecular formula is C17H20BrNO2. The number of hydrogen-bond acceptors (Lipinski definition) is 3. The molecule has 0 bridgehead atoms. The largest absolute Gasteiger partial charge is 0.493 e. The molecule has 2 aromatic rings. The molecule has 2 rings (SSSR count). The molecule has 4 heteroatoms. The number of nitrogens with two attached hydrogens (primary N) is 1. The second-order valence-electron chi connectivity index (χ2n) is 4.91. The summed E-state index contributed by atoms with van der Waals surface area (Å²) in [7, 11) is 1.65. The van der Waals surface area contributed by atoms with E-state index in [0.29, 0.717) is 5.75 Å². The Hall–Kier alpha value is -1.52. The van der Waals surface area contributed by atoms with Crippen molar-refractivity contribution < 1.29 is 9.47 Å². The van der Waals surface area contributed by atoms with Crippen molar-refractivity contribution in [3.63, 3.8) is 0 Å². The van der Waals surface area contributed by atoms with Gasteiger partial charge in [0.05, 0.1) is 7.11 Å². The number of hydrogen-bond donors (Lipinski definition) is 1. The summed E-state index contributed by atoms with van der Waals surface area (Å²) in [5.74, 6) is 2.19. The molecule has 0 spiro atoms. The fourth-order valence-electron chi connectivity index (χ4n) is 2.08. The first-order valence-corrected chi connectivity index (χ1v) is 7.74. The molecule has 2 aromatic carbocycles. The standard InChI is InChI=1S/C17H20BrNO2/c1-4-12-5-8-16(17(9-12)20-3)21-13-6-7-14(11(2)19)15(18)10-13/h5-11H,4,19H2,1-3H3. The van der Waals surface area contributed by atoms with E-state index in [1.807, 2.05) is 43.3 Å². The van der Waals surface area contributed by atoms with Crippen LogP contribution in [-0.2, 0) is 6.42 Å². The van der Waals surface area contributed by atoms with E-state index in [2.05, 4.69) is 22.9 Å². The van der Waals surface area contributed by atoms with Gasteiger partial charge in [0, 0.05) is 10.5 Å². The van der Waals surface area contributed by atoms with Crippen molar-refractivity contribution in [3.8, 4) is 17.2 Å². The van der Waals surface area contributed by atoms with Crippen molar-refractivity contribution in [3.05, 3.63) is 52.0 Å². The Balaban J connectivity index is 2.28. The molecule has 0 amide bonds. The molecule has 1 atom stereocenters. The average molecular weight is 350 g/mol. The molecule has 0 radical (unpaired) electrons. The van der Waals surface area contributed by atoms with Gasteiger partial charge in [0.1, 0.15) is 5.75 Å². The maximum Gasteiger partial charge on any atom is 0.169 e. The van der Waals surface area contributed by atoms with Crippen LogP contribution in [-0.4, -0.2) is 7.11 Å². The fourth-order valence-corrected chi connectivity index (χ4v) is 2.80. The van der Waals surface area contributed by atoms with E-state index < -0.39 is 0 Å². The van der Waals surface area contributed by atoms with Gasteiger partial charge in [-0.15, -0.1) is 0 Å². The summed E-state index contributed by atoms with van der Waals surface area (Å²) in [5.41, 5.74) is 8.17. The van der Waals surface area contributed by atoms with Gasteiger partial charge in [-0.3, -0.25) is 0 Å². The van der Waals surface area contributed by atoms with Crippen LogP contribution in [0.5, 0.6) is 17.2 Å². The third-order valence-corrected chi connectivity index (χ3v) is 4.01. The van der Waals surface area contributed by atoms with Crippen LogP contribution in [0.3, 0.4) is 0 Å². The van der Waals surface area contributed by atoms with E-state index in [1.165, 1.54) is 5.56 Å². The summed E-state index contributed by atoms with van der Waals surface area (Å²) < 4.78 is 12.3. The zero-order valence-corrected chi connectivity index (χ0v) is 14.1. The van der Waals surface area contributed by atoms with Crippen LogP contribution in [0.2, 0.25) is 0 Å². The van der Waals surface area contributed by atoms with Crippen molar-refractivity contribution in [2.75, 3.05) is 7.11 Å². The highest BCUT2D eigenvalue weighted by Crippen LogP contribution is 2.34. The van der Waals surface area contributed by atoms with Gasteiger partial charge in [-0.25, -0.2) is 0 Å². The highest BCUT2D eigenvalue weighted by molar-refractivity contribution is 9.10. The molecule has 0 aliphatic rings. The summed E-state index contributed by atoms with van der Waals surface area (Å²) in [5, 5.41) is 0. The number of aryl methyl sites for hydroxylation is 1. The van der Waals surface area contributed by atoms with Crippen molar-refractivity contribution >= 4 is 15.9 Å². The SMILES string of the molecule is CCc1ccc(Oc2ccc(C(C)N)c(Br)c2)c(OC)c1. The van der Waals surface area contributed by atoms with Crippen molar-refractivity contribution in [2.24, 2.45) is 5.73 Å². The van der Waals surface area contributed by atoms with Gasteiger partial charge in [-0.1, -0.05) is 35.0 Å². The highest BCUT2D eigenvalue weighted by atomic mass is 79.9. The Bertz CT molecular complexity index is 626. The molecule has 2 N–H and O–H groups in total. The minimum Gasteiger partial charge on any atom is -0.493 e. The Morgan fingerprint density at radius 2 is 1.90 bits per heavy atom. The molecule has 0 aromatic heterocycles. The fraction of sp³-hybridized carbons (Fsp3) is 0.294. The van der Waals surface area contributed by atoms with E-state index in [9.17, 15) is 0 Å². The van der Waals surface area contributed by atoms with E-state index in [4.69, 9.17) is 15.2 Å². The third-order valence-electron chi connectivity index (χ3n) is 3.33. The highest BCUT2D eigenvalue weighted by Gasteiger charge is 2.10. The molecule has 1 unspecified atom stereocenters. The minimum absolute atomic E-state index is 0.0215. The predicted molar refractivity (Wildman–Crippen MR) is 89.2 cm³/mol. The lowest BCUT2D eigenvalue weighted by molar-refractivity contribution is 0.378. The van der Waals surface area contributed by atoms with E-state index >= 15 is 0 Å². The number of rotatable bonds is 5. The molecule has 0 heterocycles. The van der Waals surface area contributed by atoms with Crippen LogP contribution in [0.25, 0.3) is 0 Å². The lowest BCUT2D eigenvalue weighted by Gasteiger charge is -2.14. The van der Waals surface area contributed by atoms with Crippen LogP contribution in [0.1, 0.15) is 31.0 Å². The number of ether oxygens (including phenoxy) is 2. The molecule has 3 nitrogen and oxygen atoms in total. The maximum atomic E-state index is 5.92. The monoisotopic (exact) mass is 349 g/mol. The number of methoxy groups -OCH3 is 1. The second kappa shape index (κ2) is 6.96. The average Bonchev–Trinajstić information content (AvgIpc) is 2.47. The van der Waals surface area contributed by atoms with Crippen LogP contribution in [0.15, 0.2) is 40.9 Å². The topological polar surface area (TPSA) is 44.5 Å². The van der Waals surface area contributed by atoms with Gasteiger partial charge in [-0.2, -0.15) is 0 Å². The summed E-state index contributed by atoms with van der Waals surface area (Å²) in [6.07, 6.45) is 0.964. The van der Waals surface area contributed by atoms with E-state index in [0.717, 1.165) is 28.0 Å². The zero-order valence-electron chi connectivity index (χ0n) is 12.5. The van der Waals surface area contributed by atoms with E-state index in [-0.39, 0.29) is 6.04 Å². The van der Waals surface area contributed by atoms with Gasteiger partial charge >= 0.3 is 0 Å². The number of benzene rings is 2. The van der Waals surface area contributed by atoms with E-state index in [1.54, 1.807) is 7.11 Å². The maximum absolute atomic E-state index is 5.92. The second-order valence-corrected chi connectivity index (χ2v) is 5.77. The smallest absolute Gasteiger partial charge is 0.169 e. The van der Waals surface area contributed by atoms with Gasteiger partial charge in [0.2, 0.25) is 0 Å². The van der Waals surface area contributed by atoms with Crippen molar-refractivity contribution in [2.45, 2.75) is 26.3 Å². The molecule has 112 valence electrons. The Morgan fingerprint density at radius 1 is 1.14 bits per heavy atom. The third kappa shape index (κ3) is 3.77. The van der Waals surface area contributed by atoms with Crippen LogP contribution >= 0.6 is 15.9 Å². The van der Waals surface area contributed by atoms with Crippen molar-refractivity contribution in [1.29, 1.82) is 0 Å². The molecule has 21 heavy (non-hydrogen) atoms. The van der Waals surface area contributed by atoms with Gasteiger partial charge in [0.15, 0.2) is 11.5 Å². The van der Waals surface area contributed by atoms with Gasteiger partial charge in [-0.05, 0) is 48.7 Å². The zero-order chi connectivity index (χ0) is 15.4. The van der Waals surface area contributed by atoms with Crippen LogP contribution in [0.4, 0.5) is 0 Å². The Morgan fingerprint density at radius 3 is 2.48 bits per heavy atom. The molecule has 0 saturated heterocycles. The lowest BCUT2D eigenvalue weighted by Crippen LogP contribution is -2.05. The first-order valence-electron chi connectivity index (χ1n) is 6.95. The lowest BCUT2D eigenvalue weighted by atomic mass is 10.1. The summed E-state index contributed by atoms with van der Waals surface area (Å²) in [6, 6.07) is 11.8. The van der Waals surface area contributed by atoms with Crippen LogP contribution in [0, 0.1) is 0 Å². The molecule has 0 aliphatic carbocycles. The first-order chi connectivity index (χ1) is 10.0. The Labute approximate surface area is 134 Å². The van der Waals surface area contributed by atoms with Gasteiger partial charge in [0.25, 0.3) is 0 Å². The Kier molecular flexibility index (Phi) is 5.26. The van der Waals surface area contributed by atoms with Crippen LogP contribution < -0.4 is 15.2 Å². The normalized spacial score (nSPS) is 12.0. The summed E-state index contributed by atoms with van der Waals surface area (Å²) >= 11 is 3.53. The summed E-state index contributed by atoms with van der Waals surface area (Å²) in [6.45, 7) is 4.06.